The van der Waals surface area contributed by atoms with Crippen LogP contribution < -0.4 is 10.6 Å². The molecule has 0 radical (unpaired) electrons. The fraction of sp³-hybridized carbons (Fsp3) is 0.292. The van der Waals surface area contributed by atoms with E-state index in [9.17, 15) is 9.18 Å². The van der Waals surface area contributed by atoms with E-state index in [2.05, 4.69) is 27.5 Å². The third kappa shape index (κ3) is 5.53. The molecule has 1 atom stereocenters. The van der Waals surface area contributed by atoms with Gasteiger partial charge in [0.05, 0.1) is 6.20 Å². The number of nitrogens with one attached hydrogen (secondary N) is 2. The standard InChI is InChI=1S/C24H25ClFN5O/c1-16-5-4-10-31(15-16)23(32)18-7-3-9-20(12-18)29-24-28-14-21(25)22(30-24)27-13-17-6-2-8-19(26)11-17/h2-3,6-9,11-12,14,16H,4-5,10,13,15H2,1H3,(H2,27,28,29,30)/t16-/m0/s1. The third-order valence-electron chi connectivity index (χ3n) is 5.40. The minimum absolute atomic E-state index is 0.0367. The zero-order chi connectivity index (χ0) is 22.5. The quantitative estimate of drug-likeness (QED) is 0.516. The Morgan fingerprint density at radius 2 is 2.09 bits per heavy atom. The number of rotatable bonds is 6. The minimum Gasteiger partial charge on any atom is -0.365 e. The molecule has 2 aromatic carbocycles. The number of anilines is 3. The molecule has 8 heteroatoms. The van der Waals surface area contributed by atoms with Gasteiger partial charge in [-0.1, -0.05) is 36.7 Å². The highest BCUT2D eigenvalue weighted by Crippen LogP contribution is 2.24. The first-order chi connectivity index (χ1) is 15.5. The van der Waals surface area contributed by atoms with Gasteiger partial charge in [-0.2, -0.15) is 4.98 Å². The lowest BCUT2D eigenvalue weighted by Gasteiger charge is -2.31. The van der Waals surface area contributed by atoms with E-state index in [1.165, 1.54) is 18.3 Å². The topological polar surface area (TPSA) is 70.2 Å². The molecule has 0 unspecified atom stereocenters. The van der Waals surface area contributed by atoms with Gasteiger partial charge in [-0.25, -0.2) is 9.37 Å². The van der Waals surface area contributed by atoms with Gasteiger partial charge in [-0.15, -0.1) is 0 Å². The zero-order valence-corrected chi connectivity index (χ0v) is 18.6. The predicted octanol–water partition coefficient (Wildman–Crippen LogP) is 5.50. The van der Waals surface area contributed by atoms with Crippen molar-refractivity contribution >= 4 is 35.0 Å². The Morgan fingerprint density at radius 1 is 1.25 bits per heavy atom. The molecule has 1 aliphatic heterocycles. The first kappa shape index (κ1) is 22.0. The van der Waals surface area contributed by atoms with Gasteiger partial charge in [-0.3, -0.25) is 4.79 Å². The molecule has 2 N–H and O–H groups in total. The SMILES string of the molecule is C[C@H]1CCCN(C(=O)c2cccc(Nc3ncc(Cl)c(NCc4cccc(F)c4)n3)c2)C1. The average molecular weight is 454 g/mol. The Kier molecular flexibility index (Phi) is 6.85. The Morgan fingerprint density at radius 3 is 2.91 bits per heavy atom. The second-order valence-corrected chi connectivity index (χ2v) is 8.49. The second kappa shape index (κ2) is 9.96. The molecular weight excluding hydrogens is 429 g/mol. The molecule has 3 aromatic rings. The van der Waals surface area contributed by atoms with Crippen LogP contribution in [0, 0.1) is 11.7 Å². The summed E-state index contributed by atoms with van der Waals surface area (Å²) in [4.78, 5) is 23.5. The Labute approximate surface area is 191 Å². The molecule has 0 bridgehead atoms. The van der Waals surface area contributed by atoms with Crippen LogP contribution in [0.3, 0.4) is 0 Å². The van der Waals surface area contributed by atoms with Gasteiger partial charge in [0, 0.05) is 30.9 Å². The maximum Gasteiger partial charge on any atom is 0.253 e. The van der Waals surface area contributed by atoms with Crippen LogP contribution in [0.2, 0.25) is 5.02 Å². The fourth-order valence-electron chi connectivity index (χ4n) is 3.80. The summed E-state index contributed by atoms with van der Waals surface area (Å²) in [5, 5.41) is 6.60. The van der Waals surface area contributed by atoms with Crippen LogP contribution in [0.25, 0.3) is 0 Å². The maximum atomic E-state index is 13.4. The molecule has 1 aromatic heterocycles. The average Bonchev–Trinajstić information content (AvgIpc) is 2.79. The molecule has 1 amide bonds. The molecule has 2 heterocycles. The summed E-state index contributed by atoms with van der Waals surface area (Å²) >= 11 is 6.22. The largest absolute Gasteiger partial charge is 0.365 e. The normalized spacial score (nSPS) is 16.0. The maximum absolute atomic E-state index is 13.4. The van der Waals surface area contributed by atoms with Gasteiger partial charge in [0.2, 0.25) is 5.95 Å². The van der Waals surface area contributed by atoms with E-state index >= 15 is 0 Å². The van der Waals surface area contributed by atoms with Crippen molar-refractivity contribution in [1.82, 2.24) is 14.9 Å². The molecule has 0 spiro atoms. The van der Waals surface area contributed by atoms with Crippen LogP contribution in [-0.4, -0.2) is 33.9 Å². The molecule has 166 valence electrons. The van der Waals surface area contributed by atoms with E-state index in [1.54, 1.807) is 12.1 Å². The van der Waals surface area contributed by atoms with Crippen LogP contribution in [-0.2, 0) is 6.54 Å². The van der Waals surface area contributed by atoms with Crippen LogP contribution in [0.5, 0.6) is 0 Å². The summed E-state index contributed by atoms with van der Waals surface area (Å²) in [6.07, 6.45) is 3.69. The molecule has 4 rings (SSSR count). The number of aromatic nitrogens is 2. The summed E-state index contributed by atoms with van der Waals surface area (Å²) < 4.78 is 13.4. The Balaban J connectivity index is 1.45. The van der Waals surface area contributed by atoms with Gasteiger partial charge in [0.1, 0.15) is 10.8 Å². The lowest BCUT2D eigenvalue weighted by Crippen LogP contribution is -2.39. The molecule has 1 aliphatic rings. The highest BCUT2D eigenvalue weighted by Gasteiger charge is 2.22. The molecule has 32 heavy (non-hydrogen) atoms. The molecule has 1 fully saturated rings. The lowest BCUT2D eigenvalue weighted by atomic mass is 9.99. The first-order valence-electron chi connectivity index (χ1n) is 10.6. The Bertz CT molecular complexity index is 1110. The van der Waals surface area contributed by atoms with Crippen LogP contribution in [0.15, 0.2) is 54.7 Å². The molecule has 0 aliphatic carbocycles. The summed E-state index contributed by atoms with van der Waals surface area (Å²) in [6, 6.07) is 13.6. The van der Waals surface area contributed by atoms with Gasteiger partial charge >= 0.3 is 0 Å². The summed E-state index contributed by atoms with van der Waals surface area (Å²) in [6.45, 7) is 4.12. The molecule has 1 saturated heterocycles. The summed E-state index contributed by atoms with van der Waals surface area (Å²) in [5.74, 6) is 1.04. The van der Waals surface area contributed by atoms with Crippen LogP contribution in [0.1, 0.15) is 35.7 Å². The second-order valence-electron chi connectivity index (χ2n) is 8.08. The van der Waals surface area contributed by atoms with E-state index in [0.29, 0.717) is 40.5 Å². The van der Waals surface area contributed by atoms with Gasteiger partial charge in [0.15, 0.2) is 5.82 Å². The molecule has 6 nitrogen and oxygen atoms in total. The number of likely N-dealkylation sites (tertiary alicyclic amines) is 1. The van der Waals surface area contributed by atoms with Gasteiger partial charge < -0.3 is 15.5 Å². The van der Waals surface area contributed by atoms with Crippen molar-refractivity contribution in [2.45, 2.75) is 26.3 Å². The van der Waals surface area contributed by atoms with Gasteiger partial charge in [-0.05, 0) is 54.7 Å². The lowest BCUT2D eigenvalue weighted by molar-refractivity contribution is 0.0683. The Hall–Kier alpha value is -3.19. The van der Waals surface area contributed by atoms with Crippen LogP contribution in [0.4, 0.5) is 21.8 Å². The number of amides is 1. The molecular formula is C24H25ClFN5O. The van der Waals surface area contributed by atoms with Crippen molar-refractivity contribution in [3.8, 4) is 0 Å². The minimum atomic E-state index is -0.297. The third-order valence-corrected chi connectivity index (χ3v) is 5.68. The number of halogens is 2. The molecule has 0 saturated carbocycles. The summed E-state index contributed by atoms with van der Waals surface area (Å²) in [7, 11) is 0. The number of nitrogens with zero attached hydrogens (tertiary/aromatic N) is 3. The number of hydrogen-bond acceptors (Lipinski definition) is 5. The fourth-order valence-corrected chi connectivity index (χ4v) is 3.96. The number of hydrogen-bond donors (Lipinski definition) is 2. The smallest absolute Gasteiger partial charge is 0.253 e. The van der Waals surface area contributed by atoms with E-state index in [0.717, 1.165) is 31.5 Å². The first-order valence-corrected chi connectivity index (χ1v) is 11.0. The van der Waals surface area contributed by atoms with Crippen molar-refractivity contribution < 1.29 is 9.18 Å². The number of benzene rings is 2. The number of piperidine rings is 1. The van der Waals surface area contributed by atoms with Gasteiger partial charge in [0.25, 0.3) is 5.91 Å². The number of carbonyl (C=O) groups excluding carboxylic acids is 1. The van der Waals surface area contributed by atoms with Crippen molar-refractivity contribution in [3.05, 3.63) is 76.7 Å². The van der Waals surface area contributed by atoms with Crippen molar-refractivity contribution in [2.24, 2.45) is 5.92 Å². The highest BCUT2D eigenvalue weighted by molar-refractivity contribution is 6.32. The van der Waals surface area contributed by atoms with E-state index in [1.807, 2.05) is 29.2 Å². The van der Waals surface area contributed by atoms with Crippen molar-refractivity contribution in [3.63, 3.8) is 0 Å². The highest BCUT2D eigenvalue weighted by atomic mass is 35.5. The van der Waals surface area contributed by atoms with Crippen LogP contribution >= 0.6 is 11.6 Å². The summed E-state index contributed by atoms with van der Waals surface area (Å²) in [5.41, 5.74) is 2.11. The van der Waals surface area contributed by atoms with Crippen molar-refractivity contribution in [2.75, 3.05) is 23.7 Å². The predicted molar refractivity (Wildman–Crippen MR) is 125 cm³/mol. The zero-order valence-electron chi connectivity index (χ0n) is 17.8. The van der Waals surface area contributed by atoms with E-state index < -0.39 is 0 Å². The number of carbonyl (C=O) groups is 1. The monoisotopic (exact) mass is 453 g/mol. The van der Waals surface area contributed by atoms with E-state index in [4.69, 9.17) is 11.6 Å². The van der Waals surface area contributed by atoms with E-state index in [-0.39, 0.29) is 11.7 Å². The van der Waals surface area contributed by atoms with Crippen molar-refractivity contribution in [1.29, 1.82) is 0 Å².